The van der Waals surface area contributed by atoms with Gasteiger partial charge in [-0.2, -0.15) is 0 Å². The number of hydrogen-bond acceptors (Lipinski definition) is 5. The largest absolute Gasteiger partial charge is 0.478 e. The van der Waals surface area contributed by atoms with E-state index in [1.807, 2.05) is 17.2 Å². The Bertz CT molecular complexity index is 712. The van der Waals surface area contributed by atoms with Crippen molar-refractivity contribution in [1.82, 2.24) is 4.90 Å². The first-order valence-electron chi connectivity index (χ1n) is 6.86. The molecule has 2 aliphatic heterocycles. The van der Waals surface area contributed by atoms with Crippen molar-refractivity contribution < 1.29 is 14.7 Å². The summed E-state index contributed by atoms with van der Waals surface area (Å²) in [6, 6.07) is 4.70. The lowest BCUT2D eigenvalue weighted by Gasteiger charge is -2.16. The molecule has 0 fully saturated rings. The summed E-state index contributed by atoms with van der Waals surface area (Å²) < 4.78 is 0. The monoisotopic (exact) mass is 317 g/mol. The third kappa shape index (κ3) is 2.85. The molecule has 0 bridgehead atoms. The van der Waals surface area contributed by atoms with E-state index < -0.39 is 5.97 Å². The Hall–Kier alpha value is -2.28. The van der Waals surface area contributed by atoms with Crippen LogP contribution in [0.15, 0.2) is 34.3 Å². The van der Waals surface area contributed by atoms with E-state index in [0.29, 0.717) is 5.69 Å². The zero-order valence-electron chi connectivity index (χ0n) is 12.0. The Morgan fingerprint density at radius 1 is 1.45 bits per heavy atom. The molecule has 0 saturated heterocycles. The molecule has 1 aromatic rings. The van der Waals surface area contributed by atoms with E-state index in [1.165, 1.54) is 23.9 Å². The summed E-state index contributed by atoms with van der Waals surface area (Å²) in [6.45, 7) is 3.41. The summed E-state index contributed by atoms with van der Waals surface area (Å²) in [5.41, 5.74) is 2.46. The van der Waals surface area contributed by atoms with Crippen LogP contribution in [0.3, 0.4) is 0 Å². The number of hydrogen-bond donors (Lipinski definition) is 2. The zero-order chi connectivity index (χ0) is 15.7. The molecule has 0 aromatic heterocycles. The van der Waals surface area contributed by atoms with Crippen LogP contribution in [0.25, 0.3) is 0 Å². The summed E-state index contributed by atoms with van der Waals surface area (Å²) in [5.74, 6) is -1.17. The van der Waals surface area contributed by atoms with Crippen molar-refractivity contribution in [2.45, 2.75) is 13.3 Å². The molecule has 1 amide bonds. The molecule has 0 radical (unpaired) electrons. The molecular formula is C15H15N3O3S. The minimum Gasteiger partial charge on any atom is -0.478 e. The second-order valence-electron chi connectivity index (χ2n) is 5.10. The van der Waals surface area contributed by atoms with Crippen LogP contribution < -0.4 is 5.32 Å². The van der Waals surface area contributed by atoms with Gasteiger partial charge in [0.15, 0.2) is 5.17 Å². The number of carboxylic acid groups (broad SMARTS) is 1. The van der Waals surface area contributed by atoms with E-state index in [1.54, 1.807) is 6.07 Å². The number of rotatable bonds is 4. The van der Waals surface area contributed by atoms with Gasteiger partial charge >= 0.3 is 5.97 Å². The number of fused-ring (bicyclic) bond motifs is 1. The third-order valence-electron chi connectivity index (χ3n) is 3.55. The Kier molecular flexibility index (Phi) is 3.89. The van der Waals surface area contributed by atoms with Gasteiger partial charge in [-0.15, -0.1) is 0 Å². The first-order valence-corrected chi connectivity index (χ1v) is 7.74. The Labute approximate surface area is 131 Å². The van der Waals surface area contributed by atoms with Crippen molar-refractivity contribution >= 4 is 34.5 Å². The number of nitrogens with zero attached hydrogens (tertiary/aromatic N) is 2. The maximum atomic E-state index is 12.2. The Morgan fingerprint density at radius 3 is 3.05 bits per heavy atom. The second kappa shape index (κ2) is 5.84. The molecule has 0 spiro atoms. The predicted octanol–water partition coefficient (Wildman–Crippen LogP) is 2.28. The summed E-state index contributed by atoms with van der Waals surface area (Å²) in [7, 11) is 0. The van der Waals surface area contributed by atoms with Gasteiger partial charge in [-0.3, -0.25) is 9.79 Å². The number of carbonyl (C=O) groups excluding carboxylic acids is 1. The highest BCUT2D eigenvalue weighted by Gasteiger charge is 2.27. The molecule has 0 aliphatic carbocycles. The standard InChI is InChI=1S/C15H15N3O3S/c1-9-2-3-10(14(20)21)6-12(9)17-13(19)7-11-8-22-15-16-4-5-18(11)15/h2-3,6,8H,4-5,7H2,1H3,(H,17,19)(H,20,21). The van der Waals surface area contributed by atoms with E-state index in [9.17, 15) is 9.59 Å². The minimum atomic E-state index is -1.01. The normalized spacial score (nSPS) is 16.1. The van der Waals surface area contributed by atoms with Crippen LogP contribution in [0.1, 0.15) is 22.3 Å². The number of benzene rings is 1. The number of aryl methyl sites for hydroxylation is 1. The molecule has 2 heterocycles. The van der Waals surface area contributed by atoms with Crippen LogP contribution in [0.2, 0.25) is 0 Å². The number of carboxylic acids is 1. The van der Waals surface area contributed by atoms with E-state index in [4.69, 9.17) is 5.11 Å². The van der Waals surface area contributed by atoms with Crippen LogP contribution in [0, 0.1) is 6.92 Å². The van der Waals surface area contributed by atoms with E-state index in [2.05, 4.69) is 10.3 Å². The van der Waals surface area contributed by atoms with Crippen molar-refractivity contribution in [3.05, 3.63) is 40.4 Å². The number of aromatic carboxylic acids is 1. The van der Waals surface area contributed by atoms with Gasteiger partial charge in [0, 0.05) is 17.9 Å². The van der Waals surface area contributed by atoms with Gasteiger partial charge in [-0.25, -0.2) is 4.79 Å². The molecule has 6 nitrogen and oxygen atoms in total. The quantitative estimate of drug-likeness (QED) is 0.890. The van der Waals surface area contributed by atoms with E-state index >= 15 is 0 Å². The fourth-order valence-corrected chi connectivity index (χ4v) is 3.32. The van der Waals surface area contributed by atoms with Crippen molar-refractivity contribution in [2.24, 2.45) is 4.99 Å². The van der Waals surface area contributed by atoms with Crippen molar-refractivity contribution in [3.8, 4) is 0 Å². The summed E-state index contributed by atoms with van der Waals surface area (Å²) in [6.07, 6.45) is 0.253. The summed E-state index contributed by atoms with van der Waals surface area (Å²) in [5, 5.41) is 14.7. The fourth-order valence-electron chi connectivity index (χ4n) is 2.36. The van der Waals surface area contributed by atoms with Gasteiger partial charge in [0.1, 0.15) is 0 Å². The first-order chi connectivity index (χ1) is 10.5. The van der Waals surface area contributed by atoms with Gasteiger partial charge in [0.2, 0.25) is 5.91 Å². The minimum absolute atomic E-state index is 0.158. The lowest BCUT2D eigenvalue weighted by atomic mass is 10.1. The summed E-state index contributed by atoms with van der Waals surface area (Å²) in [4.78, 5) is 29.6. The third-order valence-corrected chi connectivity index (χ3v) is 4.50. The van der Waals surface area contributed by atoms with Crippen LogP contribution in [0.4, 0.5) is 5.69 Å². The van der Waals surface area contributed by atoms with Crippen molar-refractivity contribution in [1.29, 1.82) is 0 Å². The molecule has 1 aromatic carbocycles. The highest BCUT2D eigenvalue weighted by atomic mass is 32.2. The first kappa shape index (κ1) is 14.6. The van der Waals surface area contributed by atoms with Gasteiger partial charge in [0.05, 0.1) is 18.5 Å². The maximum Gasteiger partial charge on any atom is 0.335 e. The Balaban J connectivity index is 1.68. The average Bonchev–Trinajstić information content (AvgIpc) is 3.06. The zero-order valence-corrected chi connectivity index (χ0v) is 12.8. The number of amidine groups is 1. The number of carbonyl (C=O) groups is 2. The van der Waals surface area contributed by atoms with Gasteiger partial charge in [-0.1, -0.05) is 17.8 Å². The number of aliphatic imine (C=N–C) groups is 1. The van der Waals surface area contributed by atoms with Crippen molar-refractivity contribution in [2.75, 3.05) is 18.4 Å². The number of amides is 1. The van der Waals surface area contributed by atoms with Crippen LogP contribution in [-0.4, -0.2) is 40.1 Å². The molecule has 0 unspecified atom stereocenters. The molecule has 3 rings (SSSR count). The second-order valence-corrected chi connectivity index (χ2v) is 5.94. The lowest BCUT2D eigenvalue weighted by molar-refractivity contribution is -0.115. The molecule has 2 N–H and O–H groups in total. The predicted molar refractivity (Wildman–Crippen MR) is 86.1 cm³/mol. The highest BCUT2D eigenvalue weighted by Crippen LogP contribution is 2.31. The molecule has 0 atom stereocenters. The molecular weight excluding hydrogens is 302 g/mol. The van der Waals surface area contributed by atoms with Gasteiger partial charge in [-0.05, 0) is 30.0 Å². The number of thioether (sulfide) groups is 1. The van der Waals surface area contributed by atoms with Crippen molar-refractivity contribution in [3.63, 3.8) is 0 Å². The van der Waals surface area contributed by atoms with Crippen LogP contribution in [-0.2, 0) is 4.79 Å². The van der Waals surface area contributed by atoms with E-state index in [-0.39, 0.29) is 17.9 Å². The maximum absolute atomic E-state index is 12.2. The molecule has 7 heteroatoms. The lowest BCUT2D eigenvalue weighted by Crippen LogP contribution is -2.24. The van der Waals surface area contributed by atoms with E-state index in [0.717, 1.165) is 29.5 Å². The fraction of sp³-hybridized carbons (Fsp3) is 0.267. The Morgan fingerprint density at radius 2 is 2.27 bits per heavy atom. The molecule has 22 heavy (non-hydrogen) atoms. The molecule has 114 valence electrons. The van der Waals surface area contributed by atoms with Gasteiger partial charge in [0.25, 0.3) is 0 Å². The number of nitrogens with one attached hydrogen (secondary N) is 1. The average molecular weight is 317 g/mol. The van der Waals surface area contributed by atoms with Gasteiger partial charge < -0.3 is 15.3 Å². The van der Waals surface area contributed by atoms with Crippen LogP contribution >= 0.6 is 11.8 Å². The SMILES string of the molecule is Cc1ccc(C(=O)O)cc1NC(=O)CC1=CSC2=NCCN12. The van der Waals surface area contributed by atoms with Crippen LogP contribution in [0.5, 0.6) is 0 Å². The highest BCUT2D eigenvalue weighted by molar-refractivity contribution is 8.16. The summed E-state index contributed by atoms with van der Waals surface area (Å²) >= 11 is 1.54. The number of anilines is 1. The topological polar surface area (TPSA) is 82.0 Å². The molecule has 2 aliphatic rings. The molecule has 0 saturated carbocycles. The smallest absolute Gasteiger partial charge is 0.335 e.